The van der Waals surface area contributed by atoms with Crippen molar-refractivity contribution in [2.24, 2.45) is 5.92 Å². The molecule has 0 aliphatic carbocycles. The molecule has 6 aromatic rings. The number of nitrogens with zero attached hydrogens (tertiary/aromatic N) is 1. The highest BCUT2D eigenvalue weighted by Gasteiger charge is 2.16. The monoisotopic (exact) mass is 453 g/mol. The maximum atomic E-state index is 6.43. The summed E-state index contributed by atoms with van der Waals surface area (Å²) in [6.45, 7) is 4.52. The normalized spacial score (nSPS) is 11.5. The van der Waals surface area contributed by atoms with Gasteiger partial charge in [0.2, 0.25) is 0 Å². The van der Waals surface area contributed by atoms with Gasteiger partial charge in [0.05, 0.1) is 5.69 Å². The number of aromatic nitrogens is 1. The zero-order chi connectivity index (χ0) is 23.8. The Bertz CT molecular complexity index is 1630. The molecule has 170 valence electrons. The lowest BCUT2D eigenvalue weighted by atomic mass is 9.94. The van der Waals surface area contributed by atoms with Crippen LogP contribution in [0.5, 0.6) is 0 Å². The number of hydrogen-bond acceptors (Lipinski definition) is 2. The summed E-state index contributed by atoms with van der Waals surface area (Å²) in [5.41, 5.74) is 7.67. The second kappa shape index (κ2) is 8.88. The molecule has 0 radical (unpaired) electrons. The lowest BCUT2D eigenvalue weighted by Crippen LogP contribution is -1.94. The Kier molecular flexibility index (Phi) is 5.42. The summed E-state index contributed by atoms with van der Waals surface area (Å²) < 4.78 is 6.43. The molecule has 0 aliphatic rings. The zero-order valence-corrected chi connectivity index (χ0v) is 20.0. The molecule has 0 N–H and O–H groups in total. The molecule has 0 aliphatic heterocycles. The van der Waals surface area contributed by atoms with Crippen molar-refractivity contribution in [2.75, 3.05) is 0 Å². The van der Waals surface area contributed by atoms with E-state index in [1.165, 1.54) is 16.5 Å². The van der Waals surface area contributed by atoms with Crippen molar-refractivity contribution in [3.63, 3.8) is 0 Å². The van der Waals surface area contributed by atoms with Crippen molar-refractivity contribution < 1.29 is 4.42 Å². The van der Waals surface area contributed by atoms with E-state index in [9.17, 15) is 0 Å². The largest absolute Gasteiger partial charge is 0.456 e. The predicted molar refractivity (Wildman–Crippen MR) is 146 cm³/mol. The first-order valence-corrected chi connectivity index (χ1v) is 12.2. The Morgan fingerprint density at radius 3 is 2.17 bits per heavy atom. The van der Waals surface area contributed by atoms with Gasteiger partial charge in [0.25, 0.3) is 0 Å². The van der Waals surface area contributed by atoms with Gasteiger partial charge in [0.15, 0.2) is 0 Å². The molecule has 2 heteroatoms. The van der Waals surface area contributed by atoms with E-state index in [0.29, 0.717) is 5.92 Å². The molecule has 35 heavy (non-hydrogen) atoms. The fourth-order valence-corrected chi connectivity index (χ4v) is 4.93. The van der Waals surface area contributed by atoms with Crippen LogP contribution in [0.4, 0.5) is 0 Å². The minimum absolute atomic E-state index is 0.627. The molecule has 0 bridgehead atoms. The zero-order valence-electron chi connectivity index (χ0n) is 20.0. The van der Waals surface area contributed by atoms with Crippen LogP contribution >= 0.6 is 0 Å². The summed E-state index contributed by atoms with van der Waals surface area (Å²) in [4.78, 5) is 4.83. The van der Waals surface area contributed by atoms with Gasteiger partial charge in [-0.3, -0.25) is 4.98 Å². The average molecular weight is 454 g/mol. The molecule has 0 saturated carbocycles. The minimum Gasteiger partial charge on any atom is -0.456 e. The number of benzene rings is 4. The molecule has 2 heterocycles. The Labute approximate surface area is 205 Å². The molecule has 2 aromatic heterocycles. The quantitative estimate of drug-likeness (QED) is 0.260. The number of fused-ring (bicyclic) bond motifs is 2. The van der Waals surface area contributed by atoms with E-state index in [2.05, 4.69) is 98.8 Å². The van der Waals surface area contributed by atoms with E-state index in [-0.39, 0.29) is 0 Å². The van der Waals surface area contributed by atoms with Crippen LogP contribution < -0.4 is 0 Å². The van der Waals surface area contributed by atoms with Gasteiger partial charge in [0.1, 0.15) is 11.3 Å². The molecular weight excluding hydrogens is 426 g/mol. The predicted octanol–water partition coefficient (Wildman–Crippen LogP) is 9.18. The van der Waals surface area contributed by atoms with E-state index in [1.54, 1.807) is 0 Å². The van der Waals surface area contributed by atoms with E-state index >= 15 is 0 Å². The molecule has 4 aromatic carbocycles. The summed E-state index contributed by atoms with van der Waals surface area (Å²) in [5, 5.41) is 3.49. The van der Waals surface area contributed by atoms with Crippen LogP contribution in [-0.2, 0) is 6.42 Å². The number of hydrogen-bond donors (Lipinski definition) is 0. The standard InChI is InChI=1S/C33H27NO/c1-22(2)17-23-13-14-28-26(18-23)15-16-34-33(28)27-19-29(24-9-5-3-6-10-24)30-21-31(35-32(30)20-27)25-11-7-4-8-12-25/h3-16,18-22H,17H2,1-2H3. The van der Waals surface area contributed by atoms with E-state index in [0.717, 1.165) is 50.9 Å². The highest BCUT2D eigenvalue weighted by molar-refractivity contribution is 6.02. The topological polar surface area (TPSA) is 26.0 Å². The van der Waals surface area contributed by atoms with Crippen LogP contribution in [-0.4, -0.2) is 4.98 Å². The lowest BCUT2D eigenvalue weighted by molar-refractivity contribution is 0.632. The van der Waals surface area contributed by atoms with Gasteiger partial charge in [-0.15, -0.1) is 0 Å². The van der Waals surface area contributed by atoms with Crippen LogP contribution in [0.15, 0.2) is 114 Å². The lowest BCUT2D eigenvalue weighted by Gasteiger charge is -2.11. The minimum atomic E-state index is 0.627. The maximum Gasteiger partial charge on any atom is 0.136 e. The van der Waals surface area contributed by atoms with Crippen molar-refractivity contribution in [3.05, 3.63) is 115 Å². The van der Waals surface area contributed by atoms with Crippen LogP contribution in [0.25, 0.3) is 55.4 Å². The number of rotatable bonds is 5. The van der Waals surface area contributed by atoms with Crippen molar-refractivity contribution in [1.82, 2.24) is 4.98 Å². The van der Waals surface area contributed by atoms with Crippen LogP contribution in [0.1, 0.15) is 19.4 Å². The number of furan rings is 1. The summed E-state index contributed by atoms with van der Waals surface area (Å²) in [5.74, 6) is 1.50. The summed E-state index contributed by atoms with van der Waals surface area (Å²) in [6, 6.07) is 36.2. The Morgan fingerprint density at radius 2 is 1.43 bits per heavy atom. The van der Waals surface area contributed by atoms with Gasteiger partial charge < -0.3 is 4.42 Å². The van der Waals surface area contributed by atoms with Gasteiger partial charge in [0, 0.05) is 28.1 Å². The van der Waals surface area contributed by atoms with Crippen molar-refractivity contribution in [3.8, 4) is 33.7 Å². The van der Waals surface area contributed by atoms with Crippen LogP contribution in [0, 0.1) is 5.92 Å². The summed E-state index contributed by atoms with van der Waals surface area (Å²) >= 11 is 0. The highest BCUT2D eigenvalue weighted by atomic mass is 16.3. The first kappa shape index (κ1) is 21.4. The summed E-state index contributed by atoms with van der Waals surface area (Å²) in [7, 11) is 0. The molecule has 0 atom stereocenters. The van der Waals surface area contributed by atoms with E-state index in [4.69, 9.17) is 9.40 Å². The SMILES string of the molecule is CC(C)Cc1ccc2c(-c3cc(-c4ccccc4)c4cc(-c5ccccc5)oc4c3)nccc2c1. The van der Waals surface area contributed by atoms with Crippen LogP contribution in [0.3, 0.4) is 0 Å². The van der Waals surface area contributed by atoms with Gasteiger partial charge in [-0.05, 0) is 58.7 Å². The second-order valence-corrected chi connectivity index (χ2v) is 9.59. The molecule has 0 spiro atoms. The van der Waals surface area contributed by atoms with Crippen molar-refractivity contribution >= 4 is 21.7 Å². The Morgan fingerprint density at radius 1 is 0.686 bits per heavy atom. The highest BCUT2D eigenvalue weighted by Crippen LogP contribution is 2.39. The van der Waals surface area contributed by atoms with Gasteiger partial charge >= 0.3 is 0 Å². The third-order valence-electron chi connectivity index (χ3n) is 6.53. The third-order valence-corrected chi connectivity index (χ3v) is 6.53. The van der Waals surface area contributed by atoms with E-state index < -0.39 is 0 Å². The van der Waals surface area contributed by atoms with E-state index in [1.807, 2.05) is 24.4 Å². The average Bonchev–Trinajstić information content (AvgIpc) is 3.33. The molecule has 0 amide bonds. The Hall–Kier alpha value is -4.17. The molecule has 0 unspecified atom stereocenters. The molecular formula is C33H27NO. The van der Waals surface area contributed by atoms with Gasteiger partial charge in [-0.1, -0.05) is 92.7 Å². The molecule has 2 nitrogen and oxygen atoms in total. The fourth-order valence-electron chi connectivity index (χ4n) is 4.93. The summed E-state index contributed by atoms with van der Waals surface area (Å²) in [6.07, 6.45) is 2.99. The molecule has 0 fully saturated rings. The second-order valence-electron chi connectivity index (χ2n) is 9.59. The first-order valence-electron chi connectivity index (χ1n) is 12.2. The third kappa shape index (κ3) is 4.13. The first-order chi connectivity index (χ1) is 17.2. The maximum absolute atomic E-state index is 6.43. The van der Waals surface area contributed by atoms with Gasteiger partial charge in [-0.2, -0.15) is 0 Å². The molecule has 6 rings (SSSR count). The molecule has 0 saturated heterocycles. The Balaban J connectivity index is 1.57. The van der Waals surface area contributed by atoms with Crippen molar-refractivity contribution in [2.45, 2.75) is 20.3 Å². The van der Waals surface area contributed by atoms with Crippen molar-refractivity contribution in [1.29, 1.82) is 0 Å². The van der Waals surface area contributed by atoms with Crippen LogP contribution in [0.2, 0.25) is 0 Å². The smallest absolute Gasteiger partial charge is 0.136 e. The fraction of sp³-hybridized carbons (Fsp3) is 0.121. The van der Waals surface area contributed by atoms with Gasteiger partial charge in [-0.25, -0.2) is 0 Å². The number of pyridine rings is 1.